The summed E-state index contributed by atoms with van der Waals surface area (Å²) in [5.74, 6) is 0. The average molecular weight is 222 g/mol. The molecule has 0 spiro atoms. The Hall–Kier alpha value is -0.603. The molecule has 0 fully saturated rings. The van der Waals surface area contributed by atoms with Gasteiger partial charge >= 0.3 is 0 Å². The summed E-state index contributed by atoms with van der Waals surface area (Å²) in [6.07, 6.45) is 1.78. The van der Waals surface area contributed by atoms with E-state index in [4.69, 9.17) is 0 Å². The third-order valence-corrected chi connectivity index (χ3v) is 4.15. The second-order valence-corrected chi connectivity index (χ2v) is 11.0. The van der Waals surface area contributed by atoms with E-state index in [0.29, 0.717) is 0 Å². The molecule has 0 bridgehead atoms. The Kier molecular flexibility index (Phi) is 4.55. The third kappa shape index (κ3) is 5.75. The van der Waals surface area contributed by atoms with Gasteiger partial charge in [0.2, 0.25) is 0 Å². The fraction of sp³-hybridized carbons (Fsp3) is 0.538. The molecule has 1 aromatic rings. The molecule has 0 aliphatic carbocycles. The van der Waals surface area contributed by atoms with E-state index in [2.05, 4.69) is 43.9 Å². The van der Waals surface area contributed by atoms with Gasteiger partial charge in [-0.15, -0.1) is 0 Å². The van der Waals surface area contributed by atoms with Gasteiger partial charge in [-0.3, -0.25) is 0 Å². The van der Waals surface area contributed by atoms with Crippen LogP contribution in [-0.4, -0.2) is 19.3 Å². The Morgan fingerprint density at radius 3 is 2.27 bits per heavy atom. The predicted molar refractivity (Wildman–Crippen MR) is 68.9 cm³/mol. The first-order valence-corrected chi connectivity index (χ1v) is 9.40. The molecule has 1 atom stereocenters. The smallest absolute Gasteiger partial charge is 0.0520 e. The van der Waals surface area contributed by atoms with E-state index in [-0.39, 0.29) is 6.10 Å². The first-order valence-electron chi connectivity index (χ1n) is 5.69. The van der Waals surface area contributed by atoms with Crippen LogP contribution in [0.1, 0.15) is 12.0 Å². The van der Waals surface area contributed by atoms with Crippen molar-refractivity contribution >= 4 is 8.07 Å². The fourth-order valence-electron chi connectivity index (χ4n) is 1.79. The van der Waals surface area contributed by atoms with Crippen molar-refractivity contribution in [3.8, 4) is 0 Å². The molecular formula is C13H22OSi. The Morgan fingerprint density at radius 1 is 1.13 bits per heavy atom. The van der Waals surface area contributed by atoms with Gasteiger partial charge in [-0.2, -0.15) is 0 Å². The molecule has 1 rings (SSSR count). The fourth-order valence-corrected chi connectivity index (χ4v) is 3.40. The lowest BCUT2D eigenvalue weighted by atomic mass is 10.1. The molecule has 0 saturated heterocycles. The molecule has 0 aliphatic rings. The number of aryl methyl sites for hydroxylation is 1. The molecule has 0 heterocycles. The molecule has 84 valence electrons. The highest BCUT2D eigenvalue weighted by Crippen LogP contribution is 2.15. The predicted octanol–water partition coefficient (Wildman–Crippen LogP) is 3.32. The van der Waals surface area contributed by atoms with Crippen molar-refractivity contribution in [3.05, 3.63) is 35.9 Å². The molecule has 1 aromatic carbocycles. The highest BCUT2D eigenvalue weighted by atomic mass is 28.3. The van der Waals surface area contributed by atoms with Crippen LogP contribution in [0, 0.1) is 0 Å². The van der Waals surface area contributed by atoms with E-state index in [0.717, 1.165) is 18.9 Å². The molecule has 0 aromatic heterocycles. The van der Waals surface area contributed by atoms with Crippen LogP contribution in [0.3, 0.4) is 0 Å². The van der Waals surface area contributed by atoms with Crippen molar-refractivity contribution in [2.75, 3.05) is 0 Å². The molecule has 15 heavy (non-hydrogen) atoms. The van der Waals surface area contributed by atoms with Crippen LogP contribution in [-0.2, 0) is 6.42 Å². The van der Waals surface area contributed by atoms with Gasteiger partial charge in [0, 0.05) is 8.07 Å². The minimum atomic E-state index is -1.11. The number of aliphatic hydroxyl groups is 1. The Bertz CT molecular complexity index is 276. The van der Waals surface area contributed by atoms with Crippen LogP contribution >= 0.6 is 0 Å². The normalized spacial score (nSPS) is 13.9. The number of benzene rings is 1. The van der Waals surface area contributed by atoms with Gasteiger partial charge in [0.25, 0.3) is 0 Å². The number of rotatable bonds is 5. The average Bonchev–Trinajstić information content (AvgIpc) is 2.14. The SMILES string of the molecule is C[Si](C)(C)CC(O)CCc1ccccc1. The maximum Gasteiger partial charge on any atom is 0.0520 e. The second-order valence-electron chi connectivity index (χ2n) is 5.44. The van der Waals surface area contributed by atoms with E-state index in [1.54, 1.807) is 0 Å². The van der Waals surface area contributed by atoms with Gasteiger partial charge in [-0.05, 0) is 24.4 Å². The van der Waals surface area contributed by atoms with Crippen LogP contribution in [0.4, 0.5) is 0 Å². The van der Waals surface area contributed by atoms with Gasteiger partial charge < -0.3 is 5.11 Å². The molecule has 1 nitrogen and oxygen atoms in total. The summed E-state index contributed by atoms with van der Waals surface area (Å²) in [5.41, 5.74) is 1.33. The number of hydrogen-bond donors (Lipinski definition) is 1. The molecule has 0 aliphatic heterocycles. The highest BCUT2D eigenvalue weighted by Gasteiger charge is 2.18. The molecule has 1 N–H and O–H groups in total. The number of hydrogen-bond acceptors (Lipinski definition) is 1. The van der Waals surface area contributed by atoms with Crippen LogP contribution in [0.25, 0.3) is 0 Å². The topological polar surface area (TPSA) is 20.2 Å². The maximum absolute atomic E-state index is 9.88. The summed E-state index contributed by atoms with van der Waals surface area (Å²) in [4.78, 5) is 0. The van der Waals surface area contributed by atoms with Gasteiger partial charge in [-0.1, -0.05) is 50.0 Å². The lowest BCUT2D eigenvalue weighted by molar-refractivity contribution is 0.183. The van der Waals surface area contributed by atoms with Crippen LogP contribution in [0.5, 0.6) is 0 Å². The van der Waals surface area contributed by atoms with Crippen LogP contribution < -0.4 is 0 Å². The summed E-state index contributed by atoms with van der Waals surface area (Å²) in [5, 5.41) is 9.88. The molecule has 0 saturated carbocycles. The van der Waals surface area contributed by atoms with Gasteiger partial charge in [0.1, 0.15) is 0 Å². The summed E-state index contributed by atoms with van der Waals surface area (Å²) in [6, 6.07) is 11.4. The first-order chi connectivity index (χ1) is 6.97. The highest BCUT2D eigenvalue weighted by molar-refractivity contribution is 6.76. The van der Waals surface area contributed by atoms with Crippen molar-refractivity contribution in [3.63, 3.8) is 0 Å². The molecule has 1 unspecified atom stereocenters. The quantitative estimate of drug-likeness (QED) is 0.758. The molecule has 2 heteroatoms. The minimum Gasteiger partial charge on any atom is -0.393 e. The minimum absolute atomic E-state index is 0.114. The largest absolute Gasteiger partial charge is 0.393 e. The summed E-state index contributed by atoms with van der Waals surface area (Å²) in [7, 11) is -1.11. The van der Waals surface area contributed by atoms with Crippen molar-refractivity contribution in [2.45, 2.75) is 44.6 Å². The van der Waals surface area contributed by atoms with Gasteiger partial charge in [0.05, 0.1) is 6.10 Å². The van der Waals surface area contributed by atoms with Crippen LogP contribution in [0.15, 0.2) is 30.3 Å². The van der Waals surface area contributed by atoms with Crippen molar-refractivity contribution < 1.29 is 5.11 Å². The van der Waals surface area contributed by atoms with Gasteiger partial charge in [0.15, 0.2) is 0 Å². The summed E-state index contributed by atoms with van der Waals surface area (Å²) in [6.45, 7) is 6.91. The summed E-state index contributed by atoms with van der Waals surface area (Å²) >= 11 is 0. The molecular weight excluding hydrogens is 200 g/mol. The van der Waals surface area contributed by atoms with Gasteiger partial charge in [-0.25, -0.2) is 0 Å². The third-order valence-electron chi connectivity index (χ3n) is 2.46. The van der Waals surface area contributed by atoms with Crippen LogP contribution in [0.2, 0.25) is 25.7 Å². The Morgan fingerprint density at radius 2 is 1.73 bits per heavy atom. The lowest BCUT2D eigenvalue weighted by Crippen LogP contribution is -2.26. The monoisotopic (exact) mass is 222 g/mol. The lowest BCUT2D eigenvalue weighted by Gasteiger charge is -2.20. The van der Waals surface area contributed by atoms with E-state index in [9.17, 15) is 5.11 Å². The molecule has 0 radical (unpaired) electrons. The standard InChI is InChI=1S/C13H22OSi/c1-15(2,3)11-13(14)10-9-12-7-5-4-6-8-12/h4-8,13-14H,9-11H2,1-3H3. The van der Waals surface area contributed by atoms with E-state index < -0.39 is 8.07 Å². The van der Waals surface area contributed by atoms with E-state index in [1.165, 1.54) is 5.56 Å². The zero-order valence-electron chi connectivity index (χ0n) is 10.0. The van der Waals surface area contributed by atoms with E-state index in [1.807, 2.05) is 6.07 Å². The summed E-state index contributed by atoms with van der Waals surface area (Å²) < 4.78 is 0. The zero-order valence-corrected chi connectivity index (χ0v) is 11.0. The zero-order chi connectivity index (χ0) is 11.3. The Balaban J connectivity index is 2.32. The first kappa shape index (κ1) is 12.5. The number of aliphatic hydroxyl groups excluding tert-OH is 1. The van der Waals surface area contributed by atoms with Crippen molar-refractivity contribution in [2.24, 2.45) is 0 Å². The molecule has 0 amide bonds. The van der Waals surface area contributed by atoms with Crippen molar-refractivity contribution in [1.82, 2.24) is 0 Å². The second kappa shape index (κ2) is 5.47. The Labute approximate surface area is 94.2 Å². The maximum atomic E-state index is 9.88. The van der Waals surface area contributed by atoms with E-state index >= 15 is 0 Å². The van der Waals surface area contributed by atoms with Crippen molar-refractivity contribution in [1.29, 1.82) is 0 Å².